The van der Waals surface area contributed by atoms with Gasteiger partial charge in [0.15, 0.2) is 0 Å². The topological polar surface area (TPSA) is 29.6 Å². The molecule has 0 aliphatic carbocycles. The van der Waals surface area contributed by atoms with Gasteiger partial charge in [-0.05, 0) is 13.3 Å². The molecular weight excluding hydrogens is 152 g/mol. The molecule has 76 valence electrons. The summed E-state index contributed by atoms with van der Waals surface area (Å²) < 4.78 is 5.16. The lowest BCUT2D eigenvalue weighted by Gasteiger charge is -1.84. The normalized spacial score (nSPS) is 24.2. The highest BCUT2D eigenvalue weighted by atomic mass is 16.6. The smallest absolute Gasteiger partial charge is 0.132 e. The van der Waals surface area contributed by atoms with Crippen LogP contribution in [0.3, 0.4) is 0 Å². The van der Waals surface area contributed by atoms with Crippen molar-refractivity contribution >= 4 is 5.78 Å². The van der Waals surface area contributed by atoms with E-state index in [1.165, 1.54) is 0 Å². The SMILES string of the molecule is C.C.C.CCC1OC1CC(C)=O. The number of Topliss-reactive ketones (excluding diaryl/α,β-unsaturated/α-hetero) is 1. The first-order valence-corrected chi connectivity index (χ1v) is 3.39. The molecule has 1 aliphatic heterocycles. The molecular formula is C10H24O2. The Morgan fingerprint density at radius 2 is 1.75 bits per heavy atom. The Bertz CT molecular complexity index is 121. The van der Waals surface area contributed by atoms with Gasteiger partial charge in [0.25, 0.3) is 0 Å². The zero-order chi connectivity index (χ0) is 6.85. The standard InChI is InChI=1S/C7H12O2.3CH4/c1-3-6-7(9-6)4-5(2)8;;;/h6-7H,3-4H2,1-2H3;3*1H4. The fourth-order valence-corrected chi connectivity index (χ4v) is 1.00. The summed E-state index contributed by atoms with van der Waals surface area (Å²) in [6, 6.07) is 0. The molecule has 2 unspecified atom stereocenters. The summed E-state index contributed by atoms with van der Waals surface area (Å²) in [4.78, 5) is 10.5. The van der Waals surface area contributed by atoms with E-state index in [1.54, 1.807) is 6.92 Å². The fraction of sp³-hybridized carbons (Fsp3) is 0.900. The Hall–Kier alpha value is -0.370. The average Bonchev–Trinajstić information content (AvgIpc) is 2.45. The van der Waals surface area contributed by atoms with Crippen molar-refractivity contribution < 1.29 is 9.53 Å². The van der Waals surface area contributed by atoms with Crippen LogP contribution in [0.1, 0.15) is 49.0 Å². The van der Waals surface area contributed by atoms with Gasteiger partial charge < -0.3 is 4.74 Å². The third kappa shape index (κ3) is 5.30. The minimum Gasteiger partial charge on any atom is -0.369 e. The molecule has 1 heterocycles. The second-order valence-corrected chi connectivity index (χ2v) is 2.53. The molecule has 1 aliphatic rings. The van der Waals surface area contributed by atoms with E-state index < -0.39 is 0 Å². The van der Waals surface area contributed by atoms with Crippen LogP contribution in [0.15, 0.2) is 0 Å². The van der Waals surface area contributed by atoms with Crippen molar-refractivity contribution in [2.75, 3.05) is 0 Å². The summed E-state index contributed by atoms with van der Waals surface area (Å²) in [5.74, 6) is 0.232. The minimum atomic E-state index is 0. The number of ether oxygens (including phenoxy) is 1. The Morgan fingerprint density at radius 1 is 1.25 bits per heavy atom. The van der Waals surface area contributed by atoms with Crippen molar-refractivity contribution in [1.29, 1.82) is 0 Å². The number of ketones is 1. The quantitative estimate of drug-likeness (QED) is 0.618. The van der Waals surface area contributed by atoms with Gasteiger partial charge in [-0.15, -0.1) is 0 Å². The molecule has 12 heavy (non-hydrogen) atoms. The van der Waals surface area contributed by atoms with E-state index in [2.05, 4.69) is 6.92 Å². The molecule has 0 saturated carbocycles. The molecule has 1 rings (SSSR count). The van der Waals surface area contributed by atoms with Crippen LogP contribution < -0.4 is 0 Å². The first-order valence-electron chi connectivity index (χ1n) is 3.39. The van der Waals surface area contributed by atoms with Crippen molar-refractivity contribution in [3.63, 3.8) is 0 Å². The maximum atomic E-state index is 10.5. The van der Waals surface area contributed by atoms with Gasteiger partial charge in [0.2, 0.25) is 0 Å². The average molecular weight is 176 g/mol. The number of carbonyl (C=O) groups is 1. The van der Waals surface area contributed by atoms with Crippen molar-refractivity contribution in [2.45, 2.75) is 61.2 Å². The predicted octanol–water partition coefficient (Wildman–Crippen LogP) is 3.05. The zero-order valence-corrected chi connectivity index (χ0v) is 5.89. The molecule has 0 N–H and O–H groups in total. The van der Waals surface area contributed by atoms with Gasteiger partial charge in [0.05, 0.1) is 12.2 Å². The number of hydrogen-bond donors (Lipinski definition) is 0. The number of hydrogen-bond acceptors (Lipinski definition) is 2. The van der Waals surface area contributed by atoms with Crippen LogP contribution in [0.2, 0.25) is 0 Å². The van der Waals surface area contributed by atoms with Gasteiger partial charge in [-0.2, -0.15) is 0 Å². The van der Waals surface area contributed by atoms with Crippen molar-refractivity contribution in [3.8, 4) is 0 Å². The summed E-state index contributed by atoms with van der Waals surface area (Å²) in [5, 5.41) is 0. The first kappa shape index (κ1) is 17.6. The van der Waals surface area contributed by atoms with Crippen LogP contribution in [0.4, 0.5) is 0 Å². The Labute approximate surface area is 77.3 Å². The second kappa shape index (κ2) is 7.29. The van der Waals surface area contributed by atoms with Crippen molar-refractivity contribution in [3.05, 3.63) is 0 Å². The van der Waals surface area contributed by atoms with Gasteiger partial charge in [-0.3, -0.25) is 4.79 Å². The third-order valence-corrected chi connectivity index (χ3v) is 1.58. The molecule has 2 atom stereocenters. The molecule has 0 bridgehead atoms. The van der Waals surface area contributed by atoms with E-state index >= 15 is 0 Å². The Morgan fingerprint density at radius 3 is 2.00 bits per heavy atom. The summed E-state index contributed by atoms with van der Waals surface area (Å²) in [7, 11) is 0. The fourth-order valence-electron chi connectivity index (χ4n) is 1.00. The molecule has 2 nitrogen and oxygen atoms in total. The van der Waals surface area contributed by atoms with E-state index in [0.29, 0.717) is 12.5 Å². The van der Waals surface area contributed by atoms with Crippen molar-refractivity contribution in [1.82, 2.24) is 0 Å². The first-order chi connectivity index (χ1) is 4.24. The molecule has 0 amide bonds. The van der Waals surface area contributed by atoms with Crippen molar-refractivity contribution in [2.24, 2.45) is 0 Å². The summed E-state index contributed by atoms with van der Waals surface area (Å²) in [5.41, 5.74) is 0. The summed E-state index contributed by atoms with van der Waals surface area (Å²) in [6.07, 6.45) is 2.29. The van der Waals surface area contributed by atoms with Gasteiger partial charge >= 0.3 is 0 Å². The van der Waals surface area contributed by atoms with E-state index in [9.17, 15) is 4.79 Å². The molecule has 0 aromatic carbocycles. The molecule has 2 heteroatoms. The van der Waals surface area contributed by atoms with Gasteiger partial charge in [0.1, 0.15) is 5.78 Å². The highest BCUT2D eigenvalue weighted by Crippen LogP contribution is 2.27. The number of rotatable bonds is 3. The van der Waals surface area contributed by atoms with Crippen LogP contribution in [0.25, 0.3) is 0 Å². The largest absolute Gasteiger partial charge is 0.369 e. The van der Waals surface area contributed by atoms with E-state index in [0.717, 1.165) is 6.42 Å². The van der Waals surface area contributed by atoms with Gasteiger partial charge in [-0.25, -0.2) is 0 Å². The maximum absolute atomic E-state index is 10.5. The highest BCUT2D eigenvalue weighted by Gasteiger charge is 2.37. The monoisotopic (exact) mass is 176 g/mol. The Kier molecular flexibility index (Phi) is 10.7. The van der Waals surface area contributed by atoms with Crippen LogP contribution in [-0.2, 0) is 9.53 Å². The lowest BCUT2D eigenvalue weighted by atomic mass is 10.2. The van der Waals surface area contributed by atoms with Crippen LogP contribution in [0.5, 0.6) is 0 Å². The summed E-state index contributed by atoms with van der Waals surface area (Å²) in [6.45, 7) is 3.68. The van der Waals surface area contributed by atoms with E-state index in [1.807, 2.05) is 0 Å². The summed E-state index contributed by atoms with van der Waals surface area (Å²) >= 11 is 0. The number of epoxide rings is 1. The molecule has 0 aromatic rings. The minimum absolute atomic E-state index is 0. The highest BCUT2D eigenvalue weighted by molar-refractivity contribution is 5.76. The zero-order valence-electron chi connectivity index (χ0n) is 5.89. The van der Waals surface area contributed by atoms with E-state index in [-0.39, 0.29) is 34.2 Å². The van der Waals surface area contributed by atoms with Crippen LogP contribution in [0, 0.1) is 0 Å². The van der Waals surface area contributed by atoms with Crippen LogP contribution >= 0.6 is 0 Å². The molecule has 0 radical (unpaired) electrons. The number of carbonyl (C=O) groups excluding carboxylic acids is 1. The molecule has 0 spiro atoms. The van der Waals surface area contributed by atoms with E-state index in [4.69, 9.17) is 4.74 Å². The third-order valence-electron chi connectivity index (χ3n) is 1.58. The second-order valence-electron chi connectivity index (χ2n) is 2.53. The lowest BCUT2D eigenvalue weighted by molar-refractivity contribution is -0.117. The molecule has 1 saturated heterocycles. The predicted molar refractivity (Wildman–Crippen MR) is 54.4 cm³/mol. The molecule has 0 aromatic heterocycles. The van der Waals surface area contributed by atoms with Gasteiger partial charge in [0, 0.05) is 6.42 Å². The van der Waals surface area contributed by atoms with Crippen LogP contribution in [-0.4, -0.2) is 18.0 Å². The van der Waals surface area contributed by atoms with Gasteiger partial charge in [-0.1, -0.05) is 29.2 Å². The lowest BCUT2D eigenvalue weighted by Crippen LogP contribution is -1.99. The molecule has 1 fully saturated rings. The maximum Gasteiger partial charge on any atom is 0.132 e. The Balaban J connectivity index is -0.000000270.